The van der Waals surface area contributed by atoms with Crippen LogP contribution in [0.25, 0.3) is 16.9 Å². The van der Waals surface area contributed by atoms with Gasteiger partial charge >= 0.3 is 0 Å². The predicted octanol–water partition coefficient (Wildman–Crippen LogP) is 1.75. The number of aromatic nitrogens is 3. The van der Waals surface area contributed by atoms with Gasteiger partial charge in [0.2, 0.25) is 5.78 Å². The van der Waals surface area contributed by atoms with Gasteiger partial charge in [-0.25, -0.2) is 9.97 Å². The normalized spacial score (nSPS) is 20.3. The van der Waals surface area contributed by atoms with Crippen LogP contribution >= 0.6 is 0 Å². The second kappa shape index (κ2) is 4.87. The van der Waals surface area contributed by atoms with E-state index in [0.717, 1.165) is 34.8 Å². The Morgan fingerprint density at radius 3 is 2.87 bits per heavy atom. The quantitative estimate of drug-likeness (QED) is 0.857. The number of nitrogens with one attached hydrogen (secondary N) is 1. The average Bonchev–Trinajstić information content (AvgIpc) is 3.05. The molecule has 1 N–H and O–H groups in total. The van der Waals surface area contributed by atoms with Gasteiger partial charge in [0, 0.05) is 29.9 Å². The van der Waals surface area contributed by atoms with Gasteiger partial charge in [-0.15, -0.1) is 0 Å². The van der Waals surface area contributed by atoms with Crippen molar-refractivity contribution in [2.45, 2.75) is 26.7 Å². The summed E-state index contributed by atoms with van der Waals surface area (Å²) in [6.45, 7) is 3.99. The van der Waals surface area contributed by atoms with E-state index in [9.17, 15) is 9.59 Å². The number of nitrogens with zero attached hydrogens (tertiary/aromatic N) is 3. The number of pyridine rings is 1. The van der Waals surface area contributed by atoms with Crippen molar-refractivity contribution >= 4 is 28.6 Å². The Morgan fingerprint density at radius 1 is 1.26 bits per heavy atom. The summed E-state index contributed by atoms with van der Waals surface area (Å²) in [5, 5.41) is 2.63. The van der Waals surface area contributed by atoms with Crippen LogP contribution in [0.1, 0.15) is 24.9 Å². The average molecular weight is 308 g/mol. The highest BCUT2D eigenvalue weighted by atomic mass is 16.2. The number of hydrogen-bond donors (Lipinski definition) is 1. The first-order valence-corrected chi connectivity index (χ1v) is 7.69. The summed E-state index contributed by atoms with van der Waals surface area (Å²) in [6, 6.07) is 3.90. The van der Waals surface area contributed by atoms with E-state index in [-0.39, 0.29) is 5.78 Å². The maximum Gasteiger partial charge on any atom is 0.292 e. The Kier molecular flexibility index (Phi) is 2.94. The number of rotatable bonds is 2. The monoisotopic (exact) mass is 308 g/mol. The molecule has 4 rings (SSSR count). The van der Waals surface area contributed by atoms with Crippen LogP contribution in [-0.2, 0) is 16.0 Å². The summed E-state index contributed by atoms with van der Waals surface area (Å²) >= 11 is 0. The van der Waals surface area contributed by atoms with Gasteiger partial charge in [-0.2, -0.15) is 0 Å². The van der Waals surface area contributed by atoms with Gasteiger partial charge in [0.1, 0.15) is 11.3 Å². The first kappa shape index (κ1) is 13.9. The molecule has 0 spiro atoms. The van der Waals surface area contributed by atoms with Gasteiger partial charge in [-0.1, -0.05) is 6.92 Å². The van der Waals surface area contributed by atoms with Gasteiger partial charge in [0.25, 0.3) is 5.91 Å². The molecule has 2 aromatic rings. The zero-order valence-corrected chi connectivity index (χ0v) is 13.0. The molecule has 1 unspecified atom stereocenters. The SMILES string of the molecule is CCc1nc2ccc(C)nc2n1C1=CC=C2NC(=O)C(=O)C2C1. The number of amides is 1. The van der Waals surface area contributed by atoms with Crippen molar-refractivity contribution in [3.8, 4) is 0 Å². The summed E-state index contributed by atoms with van der Waals surface area (Å²) in [5.41, 5.74) is 4.20. The van der Waals surface area contributed by atoms with Gasteiger partial charge in [0.15, 0.2) is 5.65 Å². The van der Waals surface area contributed by atoms with Gasteiger partial charge in [-0.05, 0) is 31.2 Å². The van der Waals surface area contributed by atoms with Crippen molar-refractivity contribution in [3.05, 3.63) is 41.5 Å². The van der Waals surface area contributed by atoms with Gasteiger partial charge in [0.05, 0.1) is 5.92 Å². The van der Waals surface area contributed by atoms with E-state index in [1.54, 1.807) is 0 Å². The van der Waals surface area contributed by atoms with Gasteiger partial charge in [-0.3, -0.25) is 14.2 Å². The number of hydrogen-bond acceptors (Lipinski definition) is 4. The van der Waals surface area contributed by atoms with E-state index in [0.29, 0.717) is 12.1 Å². The number of carbonyl (C=O) groups is 2. The Bertz CT molecular complexity index is 920. The van der Waals surface area contributed by atoms with E-state index < -0.39 is 11.8 Å². The van der Waals surface area contributed by atoms with Crippen LogP contribution in [-0.4, -0.2) is 26.2 Å². The third-order valence-corrected chi connectivity index (χ3v) is 4.36. The highest BCUT2D eigenvalue weighted by molar-refractivity contribution is 6.40. The maximum atomic E-state index is 12.0. The smallest absolute Gasteiger partial charge is 0.292 e. The second-order valence-corrected chi connectivity index (χ2v) is 5.87. The number of allylic oxidation sites excluding steroid dienone is 4. The van der Waals surface area contributed by atoms with E-state index in [1.807, 2.05) is 42.7 Å². The van der Waals surface area contributed by atoms with Crippen LogP contribution < -0.4 is 5.32 Å². The number of fused-ring (bicyclic) bond motifs is 2. The lowest BCUT2D eigenvalue weighted by Gasteiger charge is -2.19. The van der Waals surface area contributed by atoms with Crippen molar-refractivity contribution in [1.29, 1.82) is 0 Å². The molecule has 1 fully saturated rings. The minimum atomic E-state index is -0.518. The topological polar surface area (TPSA) is 76.9 Å². The van der Waals surface area contributed by atoms with E-state index in [2.05, 4.69) is 15.3 Å². The molecule has 1 saturated heterocycles. The number of Topliss-reactive ketones (excluding diaryl/α,β-unsaturated/α-hetero) is 1. The predicted molar refractivity (Wildman–Crippen MR) is 85.3 cm³/mol. The van der Waals surface area contributed by atoms with E-state index in [4.69, 9.17) is 0 Å². The minimum Gasteiger partial charge on any atom is -0.322 e. The summed E-state index contributed by atoms with van der Waals surface area (Å²) in [6.07, 6.45) is 5.00. The Morgan fingerprint density at radius 2 is 2.09 bits per heavy atom. The summed E-state index contributed by atoms with van der Waals surface area (Å²) < 4.78 is 2.02. The summed E-state index contributed by atoms with van der Waals surface area (Å²) in [5.74, 6) is -0.384. The lowest BCUT2D eigenvalue weighted by molar-refractivity contribution is -0.136. The van der Waals surface area contributed by atoms with Crippen LogP contribution in [0.15, 0.2) is 30.0 Å². The lowest BCUT2D eigenvalue weighted by atomic mass is 9.93. The van der Waals surface area contributed by atoms with Crippen molar-refractivity contribution in [1.82, 2.24) is 19.9 Å². The van der Waals surface area contributed by atoms with E-state index >= 15 is 0 Å². The Hall–Kier alpha value is -2.76. The lowest BCUT2D eigenvalue weighted by Crippen LogP contribution is -2.19. The van der Waals surface area contributed by atoms with Crippen LogP contribution in [0.5, 0.6) is 0 Å². The van der Waals surface area contributed by atoms with Crippen molar-refractivity contribution < 1.29 is 9.59 Å². The maximum absolute atomic E-state index is 12.0. The zero-order chi connectivity index (χ0) is 16.1. The molecule has 2 aromatic heterocycles. The molecule has 116 valence electrons. The first-order chi connectivity index (χ1) is 11.1. The molecular formula is C17H16N4O2. The molecule has 1 atom stereocenters. The van der Waals surface area contributed by atoms with Crippen LogP contribution in [0.3, 0.4) is 0 Å². The largest absolute Gasteiger partial charge is 0.322 e. The second-order valence-electron chi connectivity index (χ2n) is 5.87. The fraction of sp³-hybridized carbons (Fsp3) is 0.294. The molecule has 6 heteroatoms. The first-order valence-electron chi connectivity index (χ1n) is 7.69. The van der Waals surface area contributed by atoms with Crippen molar-refractivity contribution in [3.63, 3.8) is 0 Å². The molecule has 0 saturated carbocycles. The molecule has 1 amide bonds. The van der Waals surface area contributed by atoms with Gasteiger partial charge < -0.3 is 5.32 Å². The van der Waals surface area contributed by atoms with Crippen molar-refractivity contribution in [2.75, 3.05) is 0 Å². The summed E-state index contributed by atoms with van der Waals surface area (Å²) in [7, 11) is 0. The minimum absolute atomic E-state index is 0.367. The fourth-order valence-electron chi connectivity index (χ4n) is 3.21. The molecule has 0 bridgehead atoms. The molecule has 0 radical (unpaired) electrons. The van der Waals surface area contributed by atoms with Crippen LogP contribution in [0, 0.1) is 12.8 Å². The highest BCUT2D eigenvalue weighted by Gasteiger charge is 2.39. The standard InChI is InChI=1S/C17H16N4O2/c1-3-14-19-13-6-4-9(2)18-16(13)21(14)10-5-7-12-11(8-10)15(22)17(23)20-12/h4-7,11H,3,8H2,1-2H3,(H,20,23). The molecule has 23 heavy (non-hydrogen) atoms. The molecule has 1 aliphatic heterocycles. The Labute approximate surface area is 132 Å². The highest BCUT2D eigenvalue weighted by Crippen LogP contribution is 2.33. The van der Waals surface area contributed by atoms with E-state index in [1.165, 1.54) is 0 Å². The molecule has 3 heterocycles. The molecule has 0 aromatic carbocycles. The van der Waals surface area contributed by atoms with Crippen LogP contribution in [0.2, 0.25) is 0 Å². The molecule has 6 nitrogen and oxygen atoms in total. The molecule has 2 aliphatic rings. The fourth-order valence-corrected chi connectivity index (χ4v) is 3.21. The number of carbonyl (C=O) groups excluding carboxylic acids is 2. The van der Waals surface area contributed by atoms with Crippen molar-refractivity contribution in [2.24, 2.45) is 5.92 Å². The molecule has 1 aliphatic carbocycles. The third-order valence-electron chi connectivity index (χ3n) is 4.36. The summed E-state index contributed by atoms with van der Waals surface area (Å²) in [4.78, 5) is 32.8. The Balaban J connectivity index is 1.86. The molecular weight excluding hydrogens is 292 g/mol. The zero-order valence-electron chi connectivity index (χ0n) is 13.0. The van der Waals surface area contributed by atoms with Crippen LogP contribution in [0.4, 0.5) is 0 Å². The third kappa shape index (κ3) is 2.02. The number of imidazole rings is 1. The number of aryl methyl sites for hydroxylation is 2. The number of ketones is 1.